The first kappa shape index (κ1) is 54.1. The summed E-state index contributed by atoms with van der Waals surface area (Å²) in [4.78, 5) is 52.6. The van der Waals surface area contributed by atoms with Crippen LogP contribution < -0.4 is 0 Å². The van der Waals surface area contributed by atoms with E-state index in [-0.39, 0.29) is 19.4 Å². The van der Waals surface area contributed by atoms with Gasteiger partial charge in [0, 0.05) is 12.8 Å². The van der Waals surface area contributed by atoms with E-state index in [1.165, 1.54) is 103 Å². The van der Waals surface area contributed by atoms with Crippen molar-refractivity contribution in [3.05, 3.63) is 0 Å². The number of hydrogen-bond donors (Lipinski definition) is 4. The molecule has 0 heterocycles. The molecular weight excluding hydrogens is 750 g/mol. The van der Waals surface area contributed by atoms with Crippen molar-refractivity contribution in [2.24, 2.45) is 11.8 Å². The van der Waals surface area contributed by atoms with Crippen LogP contribution in [0.3, 0.4) is 0 Å². The van der Waals surface area contributed by atoms with Gasteiger partial charge in [-0.15, -0.1) is 0 Å². The molecule has 0 aliphatic rings. The van der Waals surface area contributed by atoms with Gasteiger partial charge in [0.05, 0.1) is 19.8 Å². The van der Waals surface area contributed by atoms with Crippen molar-refractivity contribution in [2.75, 3.05) is 26.4 Å². The monoisotopic (exact) mass is 831 g/mol. The summed E-state index contributed by atoms with van der Waals surface area (Å²) in [5.74, 6) is 0.547. The summed E-state index contributed by atoms with van der Waals surface area (Å²) in [5.41, 5.74) is 0. The first-order valence-corrected chi connectivity index (χ1v) is 24.5. The van der Waals surface area contributed by atoms with Crippen molar-refractivity contribution in [3.8, 4) is 0 Å². The van der Waals surface area contributed by atoms with Crippen molar-refractivity contribution >= 4 is 27.6 Å². The van der Waals surface area contributed by atoms with Gasteiger partial charge in [-0.05, 0) is 24.7 Å². The standard InChI is InChI=1S/C40H80O13P2/c1-5-36(4)28-24-20-17-18-21-25-29-39(42)49-33-38(34-52-55(47,48)51-32-37(41)31-50-54(44,45)46)53-40(43)30-26-22-16-14-12-10-8-6-7-9-11-13-15-19-23-27-35(2)3/h35-38,41H,5-34H2,1-4H3,(H,47,48)(H2,44,45,46)/t36?,37-,38+/m0/s1. The van der Waals surface area contributed by atoms with Crippen LogP contribution in [0.15, 0.2) is 0 Å². The van der Waals surface area contributed by atoms with Gasteiger partial charge in [-0.3, -0.25) is 23.2 Å². The molecule has 0 aromatic rings. The van der Waals surface area contributed by atoms with Gasteiger partial charge in [-0.25, -0.2) is 9.13 Å². The van der Waals surface area contributed by atoms with Crippen LogP contribution in [0.4, 0.5) is 0 Å². The summed E-state index contributed by atoms with van der Waals surface area (Å²) < 4.78 is 47.7. The zero-order valence-electron chi connectivity index (χ0n) is 34.9. The highest BCUT2D eigenvalue weighted by molar-refractivity contribution is 7.47. The molecule has 0 spiro atoms. The van der Waals surface area contributed by atoms with Crippen LogP contribution in [0.25, 0.3) is 0 Å². The molecule has 0 aliphatic carbocycles. The molecule has 0 fully saturated rings. The minimum Gasteiger partial charge on any atom is -0.462 e. The number of unbranched alkanes of at least 4 members (excludes halogenated alkanes) is 19. The van der Waals surface area contributed by atoms with E-state index in [0.717, 1.165) is 50.4 Å². The highest BCUT2D eigenvalue weighted by Crippen LogP contribution is 2.43. The molecular formula is C40H80O13P2. The van der Waals surface area contributed by atoms with E-state index in [1.54, 1.807) is 0 Å². The zero-order chi connectivity index (χ0) is 41.2. The Kier molecular flexibility index (Phi) is 34.5. The average Bonchev–Trinajstić information content (AvgIpc) is 3.12. The van der Waals surface area contributed by atoms with E-state index in [4.69, 9.17) is 23.8 Å². The zero-order valence-corrected chi connectivity index (χ0v) is 36.7. The molecule has 0 aromatic carbocycles. The lowest BCUT2D eigenvalue weighted by molar-refractivity contribution is -0.161. The van der Waals surface area contributed by atoms with E-state index < -0.39 is 59.6 Å². The van der Waals surface area contributed by atoms with Crippen molar-refractivity contribution < 1.29 is 61.6 Å². The van der Waals surface area contributed by atoms with Gasteiger partial charge < -0.3 is 29.3 Å². The predicted octanol–water partition coefficient (Wildman–Crippen LogP) is 10.5. The second-order valence-corrected chi connectivity index (χ2v) is 18.4. The van der Waals surface area contributed by atoms with Crippen LogP contribution in [0.5, 0.6) is 0 Å². The first-order chi connectivity index (χ1) is 26.1. The van der Waals surface area contributed by atoms with Gasteiger partial charge in [0.1, 0.15) is 12.7 Å². The van der Waals surface area contributed by atoms with Gasteiger partial charge in [0.15, 0.2) is 6.10 Å². The Labute approximate surface area is 333 Å². The number of aliphatic hydroxyl groups is 1. The Hall–Kier alpha value is -0.880. The molecule has 0 saturated heterocycles. The van der Waals surface area contributed by atoms with E-state index in [0.29, 0.717) is 12.8 Å². The second kappa shape index (κ2) is 35.1. The topological polar surface area (TPSA) is 195 Å². The number of ether oxygens (including phenoxy) is 2. The fourth-order valence-corrected chi connectivity index (χ4v) is 7.19. The van der Waals surface area contributed by atoms with Crippen LogP contribution in [0.2, 0.25) is 0 Å². The Balaban J connectivity index is 4.45. The third-order valence-electron chi connectivity index (χ3n) is 9.70. The number of hydrogen-bond acceptors (Lipinski definition) is 10. The molecule has 0 saturated carbocycles. The van der Waals surface area contributed by atoms with Crippen molar-refractivity contribution in [1.82, 2.24) is 0 Å². The minimum atomic E-state index is -4.86. The maximum absolute atomic E-state index is 12.6. The molecule has 0 aliphatic heterocycles. The third-order valence-corrected chi connectivity index (χ3v) is 11.1. The largest absolute Gasteiger partial charge is 0.472 e. The summed E-state index contributed by atoms with van der Waals surface area (Å²) in [6.45, 7) is 6.38. The van der Waals surface area contributed by atoms with Crippen LogP contribution in [-0.2, 0) is 41.8 Å². The fraction of sp³-hybridized carbons (Fsp3) is 0.950. The summed E-state index contributed by atoms with van der Waals surface area (Å²) in [6.07, 6.45) is 25.5. The lowest BCUT2D eigenvalue weighted by Gasteiger charge is -2.20. The highest BCUT2D eigenvalue weighted by atomic mass is 31.2. The summed E-state index contributed by atoms with van der Waals surface area (Å²) >= 11 is 0. The summed E-state index contributed by atoms with van der Waals surface area (Å²) in [7, 11) is -9.65. The lowest BCUT2D eigenvalue weighted by Crippen LogP contribution is -2.30. The maximum atomic E-state index is 12.6. The highest BCUT2D eigenvalue weighted by Gasteiger charge is 2.28. The van der Waals surface area contributed by atoms with E-state index in [9.17, 15) is 28.7 Å². The van der Waals surface area contributed by atoms with Gasteiger partial charge in [-0.2, -0.15) is 0 Å². The number of carbonyl (C=O) groups is 2. The smallest absolute Gasteiger partial charge is 0.462 e. The van der Waals surface area contributed by atoms with Crippen LogP contribution in [0, 0.1) is 11.8 Å². The van der Waals surface area contributed by atoms with Gasteiger partial charge in [0.2, 0.25) is 0 Å². The SMILES string of the molecule is CCC(C)CCCCCCCCC(=O)OC[C@H](COP(=O)(O)OC[C@@H](O)COP(=O)(O)O)OC(=O)CCCCCCCCCCCCCCCCCC(C)C. The molecule has 0 bridgehead atoms. The number of rotatable bonds is 40. The Morgan fingerprint density at radius 1 is 0.527 bits per heavy atom. The molecule has 13 nitrogen and oxygen atoms in total. The number of carbonyl (C=O) groups excluding carboxylic acids is 2. The quantitative estimate of drug-likeness (QED) is 0.0259. The predicted molar refractivity (Wildman–Crippen MR) is 216 cm³/mol. The normalized spacial score (nSPS) is 14.8. The molecule has 55 heavy (non-hydrogen) atoms. The van der Waals surface area contributed by atoms with Gasteiger partial charge in [0.25, 0.3) is 0 Å². The van der Waals surface area contributed by atoms with Crippen molar-refractivity contribution in [3.63, 3.8) is 0 Å². The number of aliphatic hydroxyl groups excluding tert-OH is 1. The molecule has 15 heteroatoms. The van der Waals surface area contributed by atoms with Crippen LogP contribution >= 0.6 is 15.6 Å². The van der Waals surface area contributed by atoms with Gasteiger partial charge >= 0.3 is 27.6 Å². The van der Waals surface area contributed by atoms with Gasteiger partial charge in [-0.1, -0.05) is 169 Å². The van der Waals surface area contributed by atoms with E-state index in [1.807, 2.05) is 0 Å². The van der Waals surface area contributed by atoms with Crippen molar-refractivity contribution in [1.29, 1.82) is 0 Å². The second-order valence-electron chi connectivity index (χ2n) is 15.7. The maximum Gasteiger partial charge on any atom is 0.472 e. The van der Waals surface area contributed by atoms with Crippen LogP contribution in [0.1, 0.15) is 195 Å². The summed E-state index contributed by atoms with van der Waals surface area (Å²) in [6, 6.07) is 0. The third kappa shape index (κ3) is 39.7. The van der Waals surface area contributed by atoms with E-state index >= 15 is 0 Å². The molecule has 0 radical (unpaired) electrons. The molecule has 2 unspecified atom stereocenters. The molecule has 0 aromatic heterocycles. The minimum absolute atomic E-state index is 0.137. The molecule has 0 amide bonds. The Morgan fingerprint density at radius 3 is 1.38 bits per heavy atom. The molecule has 4 N–H and O–H groups in total. The number of phosphoric ester groups is 2. The number of esters is 2. The molecule has 0 rings (SSSR count). The lowest BCUT2D eigenvalue weighted by atomic mass is 10.00. The fourth-order valence-electron chi connectivity index (χ4n) is 6.04. The summed E-state index contributed by atoms with van der Waals surface area (Å²) in [5, 5.41) is 9.73. The average molecular weight is 831 g/mol. The number of phosphoric acid groups is 2. The van der Waals surface area contributed by atoms with Crippen LogP contribution in [-0.4, -0.2) is 70.4 Å². The Morgan fingerprint density at radius 2 is 0.927 bits per heavy atom. The van der Waals surface area contributed by atoms with E-state index in [2.05, 4.69) is 36.7 Å². The molecule has 328 valence electrons. The Bertz CT molecular complexity index is 1020. The molecule has 4 atom stereocenters. The van der Waals surface area contributed by atoms with Crippen molar-refractivity contribution in [2.45, 2.75) is 207 Å². The first-order valence-electron chi connectivity index (χ1n) is 21.5.